The molecule has 3 N–H and O–H groups in total. The van der Waals surface area contributed by atoms with Crippen molar-refractivity contribution in [1.82, 2.24) is 10.6 Å². The van der Waals surface area contributed by atoms with E-state index in [9.17, 15) is 18.8 Å². The Hall–Kier alpha value is -2.44. The molecule has 1 aromatic carbocycles. The van der Waals surface area contributed by atoms with E-state index in [1.165, 1.54) is 24.3 Å². The first-order valence-electron chi connectivity index (χ1n) is 5.96. The SMILES string of the molecule is CC(NC(=O)NC(=O)CCC(=O)O)c1ccc(F)cc1. The second-order valence-corrected chi connectivity index (χ2v) is 4.19. The Balaban J connectivity index is 2.43. The number of aliphatic carboxylic acids is 1. The number of hydrogen-bond donors (Lipinski definition) is 3. The van der Waals surface area contributed by atoms with Gasteiger partial charge < -0.3 is 10.4 Å². The van der Waals surface area contributed by atoms with E-state index in [-0.39, 0.29) is 18.7 Å². The van der Waals surface area contributed by atoms with Crippen LogP contribution in [0.1, 0.15) is 31.4 Å². The van der Waals surface area contributed by atoms with Gasteiger partial charge in [0, 0.05) is 6.42 Å². The Morgan fingerprint density at radius 2 is 1.80 bits per heavy atom. The van der Waals surface area contributed by atoms with Gasteiger partial charge in [-0.3, -0.25) is 14.9 Å². The maximum Gasteiger partial charge on any atom is 0.321 e. The number of benzene rings is 1. The number of urea groups is 1. The summed E-state index contributed by atoms with van der Waals surface area (Å²) in [5.41, 5.74) is 0.680. The summed E-state index contributed by atoms with van der Waals surface area (Å²) in [6.07, 6.45) is -0.611. The third-order valence-electron chi connectivity index (χ3n) is 2.54. The van der Waals surface area contributed by atoms with Gasteiger partial charge in [0.15, 0.2) is 0 Å². The normalized spacial score (nSPS) is 11.5. The Morgan fingerprint density at radius 3 is 2.35 bits per heavy atom. The first-order chi connectivity index (χ1) is 9.38. The summed E-state index contributed by atoms with van der Waals surface area (Å²) in [7, 11) is 0. The fourth-order valence-electron chi connectivity index (χ4n) is 1.48. The smallest absolute Gasteiger partial charge is 0.321 e. The fourth-order valence-corrected chi connectivity index (χ4v) is 1.48. The number of carboxylic acid groups (broad SMARTS) is 1. The number of imide groups is 1. The van der Waals surface area contributed by atoms with Crippen molar-refractivity contribution in [3.05, 3.63) is 35.6 Å². The minimum Gasteiger partial charge on any atom is -0.481 e. The predicted molar refractivity (Wildman–Crippen MR) is 68.4 cm³/mol. The molecule has 1 aromatic rings. The van der Waals surface area contributed by atoms with Gasteiger partial charge in [-0.2, -0.15) is 0 Å². The third-order valence-corrected chi connectivity index (χ3v) is 2.54. The minimum absolute atomic E-state index is 0.270. The van der Waals surface area contributed by atoms with Crippen LogP contribution >= 0.6 is 0 Å². The van der Waals surface area contributed by atoms with Gasteiger partial charge in [-0.05, 0) is 24.6 Å². The summed E-state index contributed by atoms with van der Waals surface area (Å²) in [5, 5.41) is 12.9. The van der Waals surface area contributed by atoms with Gasteiger partial charge >= 0.3 is 12.0 Å². The van der Waals surface area contributed by atoms with Crippen LogP contribution in [0, 0.1) is 5.82 Å². The molecule has 108 valence electrons. The standard InChI is InChI=1S/C13H15FN2O4/c1-8(9-2-4-10(14)5-3-9)15-13(20)16-11(17)6-7-12(18)19/h2-5,8H,6-7H2,1H3,(H,18,19)(H2,15,16,17,20). The molecule has 0 aliphatic heterocycles. The zero-order valence-corrected chi connectivity index (χ0v) is 10.9. The van der Waals surface area contributed by atoms with Crippen molar-refractivity contribution >= 4 is 17.9 Å². The van der Waals surface area contributed by atoms with E-state index in [4.69, 9.17) is 5.11 Å². The highest BCUT2D eigenvalue weighted by atomic mass is 19.1. The van der Waals surface area contributed by atoms with E-state index in [0.717, 1.165) is 0 Å². The summed E-state index contributed by atoms with van der Waals surface area (Å²) in [5.74, 6) is -2.16. The van der Waals surface area contributed by atoms with E-state index < -0.39 is 23.9 Å². The lowest BCUT2D eigenvalue weighted by Gasteiger charge is -2.14. The van der Waals surface area contributed by atoms with Crippen LogP contribution in [0.3, 0.4) is 0 Å². The highest BCUT2D eigenvalue weighted by Crippen LogP contribution is 2.12. The van der Waals surface area contributed by atoms with E-state index in [0.29, 0.717) is 5.56 Å². The molecule has 20 heavy (non-hydrogen) atoms. The average molecular weight is 282 g/mol. The summed E-state index contributed by atoms with van der Waals surface area (Å²) in [6, 6.07) is 4.44. The third kappa shape index (κ3) is 5.47. The number of hydrogen-bond acceptors (Lipinski definition) is 3. The molecule has 1 rings (SSSR count). The molecule has 0 aliphatic carbocycles. The van der Waals surface area contributed by atoms with Gasteiger partial charge in [0.05, 0.1) is 12.5 Å². The van der Waals surface area contributed by atoms with Gasteiger partial charge in [-0.1, -0.05) is 12.1 Å². The van der Waals surface area contributed by atoms with Gasteiger partial charge in [0.25, 0.3) is 0 Å². The van der Waals surface area contributed by atoms with E-state index in [2.05, 4.69) is 5.32 Å². The second kappa shape index (κ2) is 7.22. The molecule has 0 aromatic heterocycles. The van der Waals surface area contributed by atoms with Crippen LogP contribution in [0.15, 0.2) is 24.3 Å². The molecule has 0 radical (unpaired) electrons. The van der Waals surface area contributed by atoms with Crippen LogP contribution in [-0.2, 0) is 9.59 Å². The number of carbonyl (C=O) groups is 3. The van der Waals surface area contributed by atoms with E-state index in [1.54, 1.807) is 6.92 Å². The molecule has 6 nitrogen and oxygen atoms in total. The highest BCUT2D eigenvalue weighted by Gasteiger charge is 2.13. The molecule has 0 aliphatic rings. The number of carboxylic acids is 1. The summed E-state index contributed by atoms with van der Waals surface area (Å²) >= 11 is 0. The second-order valence-electron chi connectivity index (χ2n) is 4.19. The van der Waals surface area contributed by atoms with Crippen LogP contribution < -0.4 is 10.6 Å². The number of nitrogens with one attached hydrogen (secondary N) is 2. The molecule has 0 saturated heterocycles. The minimum atomic E-state index is -1.11. The van der Waals surface area contributed by atoms with Gasteiger partial charge in [-0.15, -0.1) is 0 Å². The maximum atomic E-state index is 12.7. The predicted octanol–water partition coefficient (Wildman–Crippen LogP) is 1.58. The molecule has 1 atom stereocenters. The molecule has 0 spiro atoms. The van der Waals surface area contributed by atoms with Gasteiger partial charge in [0.2, 0.25) is 5.91 Å². The molecule has 0 fully saturated rings. The van der Waals surface area contributed by atoms with Crippen molar-refractivity contribution in [3.8, 4) is 0 Å². The molecular formula is C13H15FN2O4. The largest absolute Gasteiger partial charge is 0.481 e. The topological polar surface area (TPSA) is 95.5 Å². The molecule has 3 amide bonds. The number of amides is 3. The Bertz CT molecular complexity index is 502. The number of halogens is 1. The zero-order chi connectivity index (χ0) is 15.1. The quantitative estimate of drug-likeness (QED) is 0.764. The molecule has 0 heterocycles. The lowest BCUT2D eigenvalue weighted by molar-refractivity contribution is -0.138. The highest BCUT2D eigenvalue weighted by molar-refractivity contribution is 5.95. The molecule has 1 unspecified atom stereocenters. The van der Waals surface area contributed by atoms with Crippen LogP contribution in [0.4, 0.5) is 9.18 Å². The summed E-state index contributed by atoms with van der Waals surface area (Å²) in [4.78, 5) is 33.0. The number of carbonyl (C=O) groups excluding carboxylic acids is 2. The van der Waals surface area contributed by atoms with Crippen molar-refractivity contribution in [2.75, 3.05) is 0 Å². The molecule has 0 saturated carbocycles. The molecule has 0 bridgehead atoms. The van der Waals surface area contributed by atoms with Crippen molar-refractivity contribution < 1.29 is 23.9 Å². The van der Waals surface area contributed by atoms with E-state index >= 15 is 0 Å². The Kier molecular flexibility index (Phi) is 5.64. The van der Waals surface area contributed by atoms with Gasteiger partial charge in [-0.25, -0.2) is 9.18 Å². The van der Waals surface area contributed by atoms with Crippen molar-refractivity contribution in [1.29, 1.82) is 0 Å². The van der Waals surface area contributed by atoms with Crippen LogP contribution in [-0.4, -0.2) is 23.0 Å². The van der Waals surface area contributed by atoms with Crippen molar-refractivity contribution in [2.45, 2.75) is 25.8 Å². The lowest BCUT2D eigenvalue weighted by atomic mass is 10.1. The maximum absolute atomic E-state index is 12.7. The summed E-state index contributed by atoms with van der Waals surface area (Å²) < 4.78 is 12.7. The number of rotatable bonds is 5. The van der Waals surface area contributed by atoms with E-state index in [1.807, 2.05) is 5.32 Å². The molecular weight excluding hydrogens is 267 g/mol. The Labute approximate surface area is 115 Å². The Morgan fingerprint density at radius 1 is 1.20 bits per heavy atom. The average Bonchev–Trinajstić information content (AvgIpc) is 2.36. The van der Waals surface area contributed by atoms with Gasteiger partial charge in [0.1, 0.15) is 5.82 Å². The lowest BCUT2D eigenvalue weighted by Crippen LogP contribution is -2.40. The van der Waals surface area contributed by atoms with Crippen LogP contribution in [0.5, 0.6) is 0 Å². The van der Waals surface area contributed by atoms with Crippen molar-refractivity contribution in [3.63, 3.8) is 0 Å². The molecule has 7 heteroatoms. The fraction of sp³-hybridized carbons (Fsp3) is 0.308. The van der Waals surface area contributed by atoms with Crippen LogP contribution in [0.25, 0.3) is 0 Å². The first kappa shape index (κ1) is 15.6. The zero-order valence-electron chi connectivity index (χ0n) is 10.9. The van der Waals surface area contributed by atoms with Crippen molar-refractivity contribution in [2.24, 2.45) is 0 Å². The monoisotopic (exact) mass is 282 g/mol. The first-order valence-corrected chi connectivity index (χ1v) is 5.96. The summed E-state index contributed by atoms with van der Waals surface area (Å²) in [6.45, 7) is 1.68. The van der Waals surface area contributed by atoms with Crippen LogP contribution in [0.2, 0.25) is 0 Å².